The largest absolute Gasteiger partial charge is 0.317 e. The van der Waals surface area contributed by atoms with Gasteiger partial charge < -0.3 is 5.32 Å². The van der Waals surface area contributed by atoms with Crippen LogP contribution >= 0.6 is 36.4 Å². The Hall–Kier alpha value is -0.810. The quantitative estimate of drug-likeness (QED) is 0.916. The standard InChI is InChI=1S/C13H15ClN4.2ClH/c14-11-2-1-3-12(8-11)18-9-13(16-17-18)10-4-6-15-7-5-10;;/h1-3,8-10,15H,4-7H2;2*1H. The Labute approximate surface area is 135 Å². The van der Waals surface area contributed by atoms with Crippen LogP contribution in [0.2, 0.25) is 5.02 Å². The summed E-state index contributed by atoms with van der Waals surface area (Å²) in [7, 11) is 0. The predicted octanol–water partition coefficient (Wildman–Crippen LogP) is 3.23. The van der Waals surface area contributed by atoms with Gasteiger partial charge in [0.15, 0.2) is 0 Å². The molecule has 0 saturated carbocycles. The summed E-state index contributed by atoms with van der Waals surface area (Å²) < 4.78 is 1.79. The third kappa shape index (κ3) is 3.85. The minimum absolute atomic E-state index is 0. The van der Waals surface area contributed by atoms with Gasteiger partial charge in [0, 0.05) is 10.9 Å². The Morgan fingerprint density at radius 3 is 2.65 bits per heavy atom. The number of rotatable bonds is 2. The zero-order chi connectivity index (χ0) is 12.4. The van der Waals surface area contributed by atoms with E-state index in [4.69, 9.17) is 11.6 Å². The molecular weight excluding hydrogens is 319 g/mol. The summed E-state index contributed by atoms with van der Waals surface area (Å²) in [6.07, 6.45) is 4.28. The van der Waals surface area contributed by atoms with E-state index >= 15 is 0 Å². The molecule has 1 fully saturated rings. The van der Waals surface area contributed by atoms with Crippen LogP contribution in [0.5, 0.6) is 0 Å². The lowest BCUT2D eigenvalue weighted by Gasteiger charge is -2.19. The fourth-order valence-electron chi connectivity index (χ4n) is 2.33. The molecule has 7 heteroatoms. The highest BCUT2D eigenvalue weighted by molar-refractivity contribution is 6.30. The molecule has 1 aliphatic heterocycles. The number of piperidine rings is 1. The molecule has 0 aliphatic carbocycles. The lowest BCUT2D eigenvalue weighted by Crippen LogP contribution is -2.26. The van der Waals surface area contributed by atoms with Gasteiger partial charge in [0.05, 0.1) is 17.6 Å². The number of nitrogens with zero attached hydrogens (tertiary/aromatic N) is 3. The SMILES string of the molecule is Cl.Cl.Clc1cccc(-n2cc(C3CCNCC3)nn2)c1. The van der Waals surface area contributed by atoms with Gasteiger partial charge in [-0.2, -0.15) is 0 Å². The van der Waals surface area contributed by atoms with Crippen molar-refractivity contribution in [3.05, 3.63) is 41.2 Å². The maximum Gasteiger partial charge on any atom is 0.0863 e. The normalized spacial score (nSPS) is 15.2. The molecule has 1 aromatic heterocycles. The second kappa shape index (κ2) is 7.84. The van der Waals surface area contributed by atoms with Crippen molar-refractivity contribution in [2.24, 2.45) is 0 Å². The third-order valence-corrected chi connectivity index (χ3v) is 3.58. The van der Waals surface area contributed by atoms with Crippen LogP contribution in [-0.2, 0) is 0 Å². The first-order chi connectivity index (χ1) is 8.83. The van der Waals surface area contributed by atoms with E-state index in [-0.39, 0.29) is 24.8 Å². The molecule has 1 aliphatic rings. The zero-order valence-corrected chi connectivity index (χ0v) is 13.2. The van der Waals surface area contributed by atoms with Crippen molar-refractivity contribution in [2.75, 3.05) is 13.1 Å². The van der Waals surface area contributed by atoms with Crippen LogP contribution in [0.15, 0.2) is 30.5 Å². The van der Waals surface area contributed by atoms with Gasteiger partial charge in [0.25, 0.3) is 0 Å². The molecule has 1 saturated heterocycles. The first-order valence-corrected chi connectivity index (χ1v) is 6.59. The molecule has 0 radical (unpaired) electrons. The molecule has 110 valence electrons. The predicted molar refractivity (Wildman–Crippen MR) is 85.7 cm³/mol. The van der Waals surface area contributed by atoms with Gasteiger partial charge in [-0.15, -0.1) is 29.9 Å². The molecule has 0 atom stereocenters. The highest BCUT2D eigenvalue weighted by Crippen LogP contribution is 2.23. The number of halogens is 3. The number of hydrogen-bond acceptors (Lipinski definition) is 3. The molecule has 2 heterocycles. The first kappa shape index (κ1) is 17.2. The number of nitrogens with one attached hydrogen (secondary N) is 1. The summed E-state index contributed by atoms with van der Waals surface area (Å²) >= 11 is 5.98. The summed E-state index contributed by atoms with van der Waals surface area (Å²) in [4.78, 5) is 0. The monoisotopic (exact) mass is 334 g/mol. The Balaban J connectivity index is 0.000001000. The molecule has 0 spiro atoms. The highest BCUT2D eigenvalue weighted by Gasteiger charge is 2.18. The lowest BCUT2D eigenvalue weighted by molar-refractivity contribution is 0.453. The summed E-state index contributed by atoms with van der Waals surface area (Å²) in [5.41, 5.74) is 2.03. The first-order valence-electron chi connectivity index (χ1n) is 6.22. The van der Waals surface area contributed by atoms with E-state index in [0.717, 1.165) is 37.3 Å². The molecular formula is C13H17Cl3N4. The van der Waals surface area contributed by atoms with Crippen LogP contribution < -0.4 is 5.32 Å². The number of hydrogen-bond donors (Lipinski definition) is 1. The highest BCUT2D eigenvalue weighted by atomic mass is 35.5. The van der Waals surface area contributed by atoms with Gasteiger partial charge >= 0.3 is 0 Å². The van der Waals surface area contributed by atoms with Crippen molar-refractivity contribution < 1.29 is 0 Å². The Morgan fingerprint density at radius 1 is 1.20 bits per heavy atom. The van der Waals surface area contributed by atoms with E-state index in [9.17, 15) is 0 Å². The van der Waals surface area contributed by atoms with Gasteiger partial charge in [-0.25, -0.2) is 4.68 Å². The van der Waals surface area contributed by atoms with Gasteiger partial charge in [0.2, 0.25) is 0 Å². The molecule has 2 aromatic rings. The van der Waals surface area contributed by atoms with Crippen LogP contribution in [0.3, 0.4) is 0 Å². The molecule has 3 rings (SSSR count). The maximum atomic E-state index is 5.98. The Bertz CT molecular complexity index is 538. The fraction of sp³-hybridized carbons (Fsp3) is 0.385. The third-order valence-electron chi connectivity index (χ3n) is 3.34. The second-order valence-electron chi connectivity index (χ2n) is 4.59. The molecule has 0 bridgehead atoms. The van der Waals surface area contributed by atoms with Gasteiger partial charge in [-0.3, -0.25) is 0 Å². The van der Waals surface area contributed by atoms with E-state index in [1.807, 2.05) is 30.5 Å². The maximum absolute atomic E-state index is 5.98. The summed E-state index contributed by atoms with van der Waals surface area (Å²) in [6.45, 7) is 2.13. The van der Waals surface area contributed by atoms with Crippen molar-refractivity contribution in [1.82, 2.24) is 20.3 Å². The summed E-state index contributed by atoms with van der Waals surface area (Å²) in [6, 6.07) is 7.65. The molecule has 1 N–H and O–H groups in total. The Kier molecular flexibility index (Phi) is 6.76. The summed E-state index contributed by atoms with van der Waals surface area (Å²) in [5.74, 6) is 0.527. The number of aromatic nitrogens is 3. The van der Waals surface area contributed by atoms with Gasteiger partial charge in [-0.1, -0.05) is 22.9 Å². The van der Waals surface area contributed by atoms with Crippen LogP contribution in [0.25, 0.3) is 5.69 Å². The van der Waals surface area contributed by atoms with Crippen molar-refractivity contribution in [3.8, 4) is 5.69 Å². The number of benzene rings is 1. The molecule has 20 heavy (non-hydrogen) atoms. The van der Waals surface area contributed by atoms with Crippen molar-refractivity contribution in [3.63, 3.8) is 0 Å². The minimum Gasteiger partial charge on any atom is -0.317 e. The van der Waals surface area contributed by atoms with Crippen LogP contribution in [0.1, 0.15) is 24.5 Å². The van der Waals surface area contributed by atoms with Crippen molar-refractivity contribution in [2.45, 2.75) is 18.8 Å². The smallest absolute Gasteiger partial charge is 0.0863 e. The minimum atomic E-state index is 0. The average molecular weight is 336 g/mol. The fourth-order valence-corrected chi connectivity index (χ4v) is 2.51. The van der Waals surface area contributed by atoms with Crippen LogP contribution in [0, 0.1) is 0 Å². The lowest BCUT2D eigenvalue weighted by atomic mass is 9.95. The molecule has 4 nitrogen and oxygen atoms in total. The average Bonchev–Trinajstić information content (AvgIpc) is 2.89. The van der Waals surface area contributed by atoms with Crippen molar-refractivity contribution in [1.29, 1.82) is 0 Å². The van der Waals surface area contributed by atoms with E-state index in [0.29, 0.717) is 10.9 Å². The van der Waals surface area contributed by atoms with Crippen LogP contribution in [0.4, 0.5) is 0 Å². The summed E-state index contributed by atoms with van der Waals surface area (Å²) in [5, 5.41) is 12.6. The molecule has 0 amide bonds. The van der Waals surface area contributed by atoms with Crippen molar-refractivity contribution >= 4 is 36.4 Å². The van der Waals surface area contributed by atoms with Gasteiger partial charge in [-0.05, 0) is 44.1 Å². The van der Waals surface area contributed by atoms with E-state index in [1.165, 1.54) is 0 Å². The van der Waals surface area contributed by atoms with Gasteiger partial charge in [0.1, 0.15) is 0 Å². The van der Waals surface area contributed by atoms with E-state index in [2.05, 4.69) is 15.6 Å². The Morgan fingerprint density at radius 2 is 1.95 bits per heavy atom. The molecule has 0 unspecified atom stereocenters. The zero-order valence-electron chi connectivity index (χ0n) is 10.8. The van der Waals surface area contributed by atoms with Crippen LogP contribution in [-0.4, -0.2) is 28.1 Å². The molecule has 1 aromatic carbocycles. The van der Waals surface area contributed by atoms with E-state index < -0.39 is 0 Å². The second-order valence-corrected chi connectivity index (χ2v) is 5.03. The topological polar surface area (TPSA) is 42.7 Å². The van der Waals surface area contributed by atoms with E-state index in [1.54, 1.807) is 4.68 Å².